The molecule has 138 valence electrons. The molecule has 0 aliphatic carbocycles. The molecular formula is C16H6F4N2O5. The number of benzene rings is 2. The highest BCUT2D eigenvalue weighted by Gasteiger charge is 2.24. The largest absolute Gasteiger partial charge is 0.477 e. The third kappa shape index (κ3) is 2.78. The fourth-order valence-electron chi connectivity index (χ4n) is 2.54. The zero-order valence-corrected chi connectivity index (χ0v) is 12.9. The lowest BCUT2D eigenvalue weighted by molar-refractivity contribution is -0.387. The maximum atomic E-state index is 14.3. The number of pyridine rings is 1. The third-order valence-corrected chi connectivity index (χ3v) is 3.76. The number of aromatic nitrogens is 1. The number of hydrogen-bond acceptors (Lipinski definition) is 4. The van der Waals surface area contributed by atoms with Gasteiger partial charge in [-0.25, -0.2) is 18.0 Å². The lowest BCUT2D eigenvalue weighted by Crippen LogP contribution is -2.20. The Morgan fingerprint density at radius 1 is 1.07 bits per heavy atom. The molecule has 0 atom stereocenters. The van der Waals surface area contributed by atoms with Gasteiger partial charge in [-0.15, -0.1) is 0 Å². The normalized spacial score (nSPS) is 11.0. The summed E-state index contributed by atoms with van der Waals surface area (Å²) in [6, 6.07) is 2.51. The molecule has 0 aliphatic heterocycles. The number of hydrogen-bond donors (Lipinski definition) is 1. The van der Waals surface area contributed by atoms with Gasteiger partial charge in [0.1, 0.15) is 5.56 Å². The van der Waals surface area contributed by atoms with Gasteiger partial charge in [0.15, 0.2) is 17.5 Å². The summed E-state index contributed by atoms with van der Waals surface area (Å²) in [6.07, 6.45) is 0.588. The molecule has 2 aromatic carbocycles. The Bertz CT molecular complexity index is 1210. The van der Waals surface area contributed by atoms with Gasteiger partial charge in [-0.3, -0.25) is 14.9 Å². The summed E-state index contributed by atoms with van der Waals surface area (Å²) in [5.74, 6) is -8.46. The summed E-state index contributed by atoms with van der Waals surface area (Å²) in [7, 11) is 0. The smallest absolute Gasteiger partial charge is 0.341 e. The predicted molar refractivity (Wildman–Crippen MR) is 83.0 cm³/mol. The van der Waals surface area contributed by atoms with Crippen LogP contribution in [0.15, 0.2) is 35.3 Å². The van der Waals surface area contributed by atoms with Crippen molar-refractivity contribution in [2.75, 3.05) is 0 Å². The molecular weight excluding hydrogens is 376 g/mol. The van der Waals surface area contributed by atoms with Gasteiger partial charge in [0.25, 0.3) is 0 Å². The van der Waals surface area contributed by atoms with Crippen molar-refractivity contribution in [3.63, 3.8) is 0 Å². The SMILES string of the molecule is O=C(O)c1cn(-c2ccc(F)c([N+](=O)[O-])c2)c2c(F)c(F)c(F)cc2c1=O. The quantitative estimate of drug-likeness (QED) is 0.324. The van der Waals surface area contributed by atoms with Crippen molar-refractivity contribution in [1.29, 1.82) is 0 Å². The van der Waals surface area contributed by atoms with Crippen LogP contribution in [0.4, 0.5) is 23.2 Å². The van der Waals surface area contributed by atoms with Crippen LogP contribution in [-0.4, -0.2) is 20.6 Å². The minimum atomic E-state index is -1.93. The Morgan fingerprint density at radius 2 is 1.74 bits per heavy atom. The molecule has 0 spiro atoms. The first kappa shape index (κ1) is 18.0. The number of halogens is 4. The number of nitrogens with zero attached hydrogens (tertiary/aromatic N) is 2. The van der Waals surface area contributed by atoms with Crippen molar-refractivity contribution < 1.29 is 32.4 Å². The van der Waals surface area contributed by atoms with Gasteiger partial charge in [0, 0.05) is 12.3 Å². The van der Waals surface area contributed by atoms with Crippen LogP contribution in [0.25, 0.3) is 16.6 Å². The number of rotatable bonds is 3. The number of carboxylic acids is 1. The number of carbonyl (C=O) groups is 1. The monoisotopic (exact) mass is 382 g/mol. The lowest BCUT2D eigenvalue weighted by Gasteiger charge is -2.14. The van der Waals surface area contributed by atoms with Crippen LogP contribution >= 0.6 is 0 Å². The molecule has 0 unspecified atom stereocenters. The molecule has 3 rings (SSSR count). The Kier molecular flexibility index (Phi) is 4.14. The van der Waals surface area contributed by atoms with Gasteiger partial charge >= 0.3 is 11.7 Å². The number of nitro groups is 1. The average molecular weight is 382 g/mol. The van der Waals surface area contributed by atoms with E-state index in [-0.39, 0.29) is 5.69 Å². The van der Waals surface area contributed by atoms with Crippen LogP contribution < -0.4 is 5.43 Å². The summed E-state index contributed by atoms with van der Waals surface area (Å²) in [5.41, 5.74) is -4.45. The van der Waals surface area contributed by atoms with Gasteiger partial charge in [0.05, 0.1) is 21.5 Å². The molecule has 1 heterocycles. The van der Waals surface area contributed by atoms with Gasteiger partial charge < -0.3 is 9.67 Å². The van der Waals surface area contributed by atoms with Crippen LogP contribution in [0.5, 0.6) is 0 Å². The molecule has 0 saturated carbocycles. The molecule has 0 radical (unpaired) electrons. The van der Waals surface area contributed by atoms with Crippen LogP contribution in [0.2, 0.25) is 0 Å². The zero-order chi connectivity index (χ0) is 20.0. The predicted octanol–water partition coefficient (Wildman–Crippen LogP) is 3.15. The standard InChI is InChI=1S/C16H6F4N2O5/c17-9-2-1-6(3-11(9)22(26)27)21-5-8(16(24)25)15(23)7-4-10(18)12(19)13(20)14(7)21/h1-5H,(H,24,25). The summed E-state index contributed by atoms with van der Waals surface area (Å²) >= 11 is 0. The van der Waals surface area contributed by atoms with Gasteiger partial charge in [-0.05, 0) is 18.2 Å². The fourth-order valence-corrected chi connectivity index (χ4v) is 2.54. The molecule has 11 heteroatoms. The number of aromatic carboxylic acids is 1. The number of carboxylic acid groups (broad SMARTS) is 1. The second-order valence-electron chi connectivity index (χ2n) is 5.32. The second kappa shape index (κ2) is 6.20. The van der Waals surface area contributed by atoms with E-state index in [1.807, 2.05) is 0 Å². The van der Waals surface area contributed by atoms with E-state index in [1.165, 1.54) is 0 Å². The minimum Gasteiger partial charge on any atom is -0.477 e. The van der Waals surface area contributed by atoms with E-state index < -0.39 is 61.7 Å². The molecule has 0 fully saturated rings. The van der Waals surface area contributed by atoms with Crippen molar-refractivity contribution in [3.8, 4) is 5.69 Å². The Labute approximate surface area is 145 Å². The van der Waals surface area contributed by atoms with Crippen molar-refractivity contribution in [2.24, 2.45) is 0 Å². The van der Waals surface area contributed by atoms with Crippen molar-refractivity contribution in [1.82, 2.24) is 4.57 Å². The van der Waals surface area contributed by atoms with E-state index >= 15 is 0 Å². The van der Waals surface area contributed by atoms with Crippen LogP contribution in [0, 0.1) is 33.4 Å². The first-order valence-corrected chi connectivity index (χ1v) is 7.04. The van der Waals surface area contributed by atoms with E-state index in [9.17, 15) is 37.3 Å². The first-order chi connectivity index (χ1) is 12.6. The Morgan fingerprint density at radius 3 is 2.33 bits per heavy atom. The zero-order valence-electron chi connectivity index (χ0n) is 12.9. The molecule has 7 nitrogen and oxygen atoms in total. The highest BCUT2D eigenvalue weighted by Crippen LogP contribution is 2.27. The number of fused-ring (bicyclic) bond motifs is 1. The fraction of sp³-hybridized carbons (Fsp3) is 0. The van der Waals surface area contributed by atoms with Gasteiger partial charge in [0.2, 0.25) is 11.2 Å². The molecule has 0 bridgehead atoms. The summed E-state index contributed by atoms with van der Waals surface area (Å²) < 4.78 is 55.7. The molecule has 0 saturated heterocycles. The van der Waals surface area contributed by atoms with Crippen LogP contribution in [0.1, 0.15) is 10.4 Å². The van der Waals surface area contributed by atoms with Crippen molar-refractivity contribution in [3.05, 3.63) is 79.6 Å². The minimum absolute atomic E-state index is 0.316. The highest BCUT2D eigenvalue weighted by atomic mass is 19.2. The first-order valence-electron chi connectivity index (χ1n) is 7.04. The number of nitro benzene ring substituents is 1. The molecule has 1 aromatic heterocycles. The Balaban J connectivity index is 2.53. The van der Waals surface area contributed by atoms with Crippen molar-refractivity contribution in [2.45, 2.75) is 0 Å². The van der Waals surface area contributed by atoms with Gasteiger partial charge in [-0.1, -0.05) is 0 Å². The van der Waals surface area contributed by atoms with Crippen LogP contribution in [-0.2, 0) is 0 Å². The van der Waals surface area contributed by atoms with E-state index in [1.54, 1.807) is 0 Å². The third-order valence-electron chi connectivity index (χ3n) is 3.76. The maximum absolute atomic E-state index is 14.3. The van der Waals surface area contributed by atoms with E-state index in [0.29, 0.717) is 29.0 Å². The lowest BCUT2D eigenvalue weighted by atomic mass is 10.1. The molecule has 3 aromatic rings. The second-order valence-corrected chi connectivity index (χ2v) is 5.32. The molecule has 27 heavy (non-hydrogen) atoms. The van der Waals surface area contributed by atoms with E-state index in [2.05, 4.69) is 0 Å². The summed E-state index contributed by atoms with van der Waals surface area (Å²) in [5, 5.41) is 19.2. The van der Waals surface area contributed by atoms with Gasteiger partial charge in [-0.2, -0.15) is 4.39 Å². The van der Waals surface area contributed by atoms with Crippen LogP contribution in [0.3, 0.4) is 0 Å². The van der Waals surface area contributed by atoms with Crippen molar-refractivity contribution >= 4 is 22.6 Å². The summed E-state index contributed by atoms with van der Waals surface area (Å²) in [4.78, 5) is 33.3. The van der Waals surface area contributed by atoms with E-state index in [4.69, 9.17) is 5.11 Å². The van der Waals surface area contributed by atoms with E-state index in [0.717, 1.165) is 6.07 Å². The molecule has 0 aliphatic rings. The maximum Gasteiger partial charge on any atom is 0.341 e. The highest BCUT2D eigenvalue weighted by molar-refractivity contribution is 5.93. The average Bonchev–Trinajstić information content (AvgIpc) is 2.60. The topological polar surface area (TPSA) is 102 Å². The molecule has 1 N–H and O–H groups in total. The molecule has 0 amide bonds. The summed E-state index contributed by atoms with van der Waals surface area (Å²) in [6.45, 7) is 0. The Hall–Kier alpha value is -3.76.